The molecule has 0 unspecified atom stereocenters. The number of benzene rings is 1. The molecule has 4 nitrogen and oxygen atoms in total. The van der Waals surface area contributed by atoms with Crippen molar-refractivity contribution in [2.45, 2.75) is 25.7 Å². The predicted molar refractivity (Wildman–Crippen MR) is 86.6 cm³/mol. The quantitative estimate of drug-likeness (QED) is 0.789. The number of pyridine rings is 1. The van der Waals surface area contributed by atoms with Gasteiger partial charge in [-0.05, 0) is 30.7 Å². The minimum atomic E-state index is -3.61. The van der Waals surface area contributed by atoms with E-state index in [2.05, 4.69) is 4.98 Å². The van der Waals surface area contributed by atoms with Gasteiger partial charge in [0.05, 0.1) is 10.5 Å². The summed E-state index contributed by atoms with van der Waals surface area (Å²) in [5.74, 6) is 0. The Morgan fingerprint density at radius 2 is 1.76 bits per heavy atom. The molecule has 0 aliphatic carbocycles. The molecule has 0 saturated heterocycles. The van der Waals surface area contributed by atoms with E-state index in [0.717, 1.165) is 10.9 Å². The normalized spacial score (nSPS) is 12.3. The van der Waals surface area contributed by atoms with Crippen LogP contribution in [0.4, 0.5) is 0 Å². The van der Waals surface area contributed by atoms with Crippen LogP contribution in [0.3, 0.4) is 0 Å². The molecule has 0 aliphatic heterocycles. The van der Waals surface area contributed by atoms with Gasteiger partial charge >= 0.3 is 0 Å². The third-order valence-corrected chi connectivity index (χ3v) is 6.07. The first-order valence-corrected chi connectivity index (χ1v) is 8.77. The van der Waals surface area contributed by atoms with Gasteiger partial charge in [-0.15, -0.1) is 0 Å². The van der Waals surface area contributed by atoms with Gasteiger partial charge in [0, 0.05) is 18.5 Å². The number of fused-ring (bicyclic) bond motifs is 1. The molecule has 7 heteroatoms. The highest BCUT2D eigenvalue weighted by molar-refractivity contribution is 7.89. The molecule has 2 rings (SSSR count). The lowest BCUT2D eigenvalue weighted by atomic mass is 10.1. The SMILES string of the molecule is CCN(CC)S(=O)(=O)c1cc2c(C)cc(Cl)nc2cc1Cl. The molecule has 0 saturated carbocycles. The summed E-state index contributed by atoms with van der Waals surface area (Å²) in [5, 5.41) is 1.24. The van der Waals surface area contributed by atoms with Crippen LogP contribution in [-0.4, -0.2) is 30.8 Å². The van der Waals surface area contributed by atoms with Crippen molar-refractivity contribution in [1.29, 1.82) is 0 Å². The summed E-state index contributed by atoms with van der Waals surface area (Å²) < 4.78 is 26.6. The fourth-order valence-electron chi connectivity index (χ4n) is 2.26. The van der Waals surface area contributed by atoms with Crippen molar-refractivity contribution in [3.05, 3.63) is 33.9 Å². The molecule has 1 aromatic heterocycles. The number of aromatic nitrogens is 1. The topological polar surface area (TPSA) is 50.3 Å². The molecule has 0 spiro atoms. The summed E-state index contributed by atoms with van der Waals surface area (Å²) in [6, 6.07) is 4.82. The number of hydrogen-bond donors (Lipinski definition) is 0. The zero-order valence-electron chi connectivity index (χ0n) is 12.0. The molecule has 0 amide bonds. The molecule has 0 bridgehead atoms. The van der Waals surface area contributed by atoms with Gasteiger partial charge in [0.2, 0.25) is 10.0 Å². The number of sulfonamides is 1. The van der Waals surface area contributed by atoms with E-state index in [0.29, 0.717) is 23.8 Å². The summed E-state index contributed by atoms with van der Waals surface area (Å²) in [6.45, 7) is 6.23. The summed E-state index contributed by atoms with van der Waals surface area (Å²) in [6.07, 6.45) is 0. The van der Waals surface area contributed by atoms with Gasteiger partial charge in [-0.2, -0.15) is 4.31 Å². The summed E-state index contributed by atoms with van der Waals surface area (Å²) >= 11 is 12.1. The Bertz CT molecular complexity index is 787. The Morgan fingerprint density at radius 3 is 2.33 bits per heavy atom. The van der Waals surface area contributed by atoms with Crippen molar-refractivity contribution in [3.8, 4) is 0 Å². The third kappa shape index (κ3) is 3.01. The van der Waals surface area contributed by atoms with Crippen LogP contribution in [0.15, 0.2) is 23.1 Å². The van der Waals surface area contributed by atoms with Crippen molar-refractivity contribution >= 4 is 44.1 Å². The molecule has 0 radical (unpaired) electrons. The van der Waals surface area contributed by atoms with Gasteiger partial charge in [0.25, 0.3) is 0 Å². The first kappa shape index (κ1) is 16.5. The molecule has 1 aromatic carbocycles. The fraction of sp³-hybridized carbons (Fsp3) is 0.357. The van der Waals surface area contributed by atoms with Crippen LogP contribution in [0.25, 0.3) is 10.9 Å². The molecule has 1 heterocycles. The van der Waals surface area contributed by atoms with E-state index in [1.807, 2.05) is 6.92 Å². The van der Waals surface area contributed by atoms with Gasteiger partial charge in [-0.1, -0.05) is 37.0 Å². The van der Waals surface area contributed by atoms with Gasteiger partial charge in [0.1, 0.15) is 10.0 Å². The van der Waals surface area contributed by atoms with Gasteiger partial charge in [-0.3, -0.25) is 0 Å². The average Bonchev–Trinajstić information content (AvgIpc) is 2.38. The summed E-state index contributed by atoms with van der Waals surface area (Å²) in [7, 11) is -3.61. The highest BCUT2D eigenvalue weighted by atomic mass is 35.5. The lowest BCUT2D eigenvalue weighted by Gasteiger charge is -2.19. The minimum absolute atomic E-state index is 0.104. The second-order valence-electron chi connectivity index (χ2n) is 4.65. The second-order valence-corrected chi connectivity index (χ2v) is 7.35. The van der Waals surface area contributed by atoms with Crippen LogP contribution in [0.5, 0.6) is 0 Å². The van der Waals surface area contributed by atoms with Crippen LogP contribution in [0.1, 0.15) is 19.4 Å². The van der Waals surface area contributed by atoms with E-state index in [4.69, 9.17) is 23.2 Å². The number of aryl methyl sites for hydroxylation is 1. The predicted octanol–water partition coefficient (Wildman–Crippen LogP) is 3.88. The Balaban J connectivity index is 2.74. The van der Waals surface area contributed by atoms with Crippen LogP contribution in [0, 0.1) is 6.92 Å². The molecule has 0 fully saturated rings. The van der Waals surface area contributed by atoms with Crippen molar-refractivity contribution in [3.63, 3.8) is 0 Å². The second kappa shape index (κ2) is 6.08. The van der Waals surface area contributed by atoms with Crippen LogP contribution in [-0.2, 0) is 10.0 Å². The third-order valence-electron chi connectivity index (χ3n) is 3.36. The van der Waals surface area contributed by atoms with Crippen molar-refractivity contribution in [2.75, 3.05) is 13.1 Å². The van der Waals surface area contributed by atoms with E-state index in [1.54, 1.807) is 32.0 Å². The highest BCUT2D eigenvalue weighted by Gasteiger charge is 2.25. The molecule has 114 valence electrons. The Kier molecular flexibility index (Phi) is 4.78. The molecule has 21 heavy (non-hydrogen) atoms. The minimum Gasteiger partial charge on any atom is -0.236 e. The number of hydrogen-bond acceptors (Lipinski definition) is 3. The van der Waals surface area contributed by atoms with E-state index < -0.39 is 10.0 Å². The Hall–Kier alpha value is -0.880. The number of halogens is 2. The largest absolute Gasteiger partial charge is 0.244 e. The Morgan fingerprint density at radius 1 is 1.14 bits per heavy atom. The van der Waals surface area contributed by atoms with Crippen LogP contribution < -0.4 is 0 Å². The van der Waals surface area contributed by atoms with E-state index in [1.165, 1.54) is 4.31 Å². The van der Waals surface area contributed by atoms with Crippen LogP contribution in [0.2, 0.25) is 10.2 Å². The maximum absolute atomic E-state index is 12.6. The molecule has 0 aliphatic rings. The molecule has 2 aromatic rings. The van der Waals surface area contributed by atoms with Crippen molar-refractivity contribution < 1.29 is 8.42 Å². The first-order valence-electron chi connectivity index (χ1n) is 6.57. The maximum atomic E-state index is 12.6. The zero-order chi connectivity index (χ0) is 15.8. The first-order chi connectivity index (χ1) is 9.81. The van der Waals surface area contributed by atoms with E-state index >= 15 is 0 Å². The fourth-order valence-corrected chi connectivity index (χ4v) is 4.49. The average molecular weight is 347 g/mol. The van der Waals surface area contributed by atoms with Gasteiger partial charge < -0.3 is 0 Å². The maximum Gasteiger partial charge on any atom is 0.244 e. The summed E-state index contributed by atoms with van der Waals surface area (Å²) in [4.78, 5) is 4.28. The van der Waals surface area contributed by atoms with Crippen LogP contribution >= 0.6 is 23.2 Å². The van der Waals surface area contributed by atoms with Crippen molar-refractivity contribution in [2.24, 2.45) is 0 Å². The van der Waals surface area contributed by atoms with Crippen molar-refractivity contribution in [1.82, 2.24) is 9.29 Å². The van der Waals surface area contributed by atoms with E-state index in [-0.39, 0.29) is 9.92 Å². The van der Waals surface area contributed by atoms with Gasteiger partial charge in [0.15, 0.2) is 0 Å². The highest BCUT2D eigenvalue weighted by Crippen LogP contribution is 2.31. The zero-order valence-corrected chi connectivity index (χ0v) is 14.3. The smallest absolute Gasteiger partial charge is 0.236 e. The molecule has 0 N–H and O–H groups in total. The monoisotopic (exact) mass is 346 g/mol. The molecular weight excluding hydrogens is 331 g/mol. The molecule has 0 atom stereocenters. The summed E-state index contributed by atoms with van der Waals surface area (Å²) in [5.41, 5.74) is 1.45. The lowest BCUT2D eigenvalue weighted by Crippen LogP contribution is -2.30. The standard InChI is InChI=1S/C14H16Cl2N2O2S/c1-4-18(5-2)21(19,20)13-7-10-9(3)6-14(16)17-12(10)8-11(13)15/h6-8H,4-5H2,1-3H3. The van der Waals surface area contributed by atoms with E-state index in [9.17, 15) is 8.42 Å². The molecular formula is C14H16Cl2N2O2S. The Labute approximate surface area is 134 Å². The van der Waals surface area contributed by atoms with Gasteiger partial charge in [-0.25, -0.2) is 13.4 Å². The number of rotatable bonds is 4. The number of nitrogens with zero attached hydrogens (tertiary/aromatic N) is 2. The lowest BCUT2D eigenvalue weighted by molar-refractivity contribution is 0.445.